The standard InChI is InChI=1S/C21H24N2O4/c24-18-5-1-16(2-6-18)4-8-21(25)23-11-9-22(10-12-23)14-17-3-7-19-20(13-17)27-15-26-19/h1-3,5-7,13,24H,4,8-12,14-15H2. The van der Waals surface area contributed by atoms with Crippen molar-refractivity contribution in [3.8, 4) is 17.2 Å². The van der Waals surface area contributed by atoms with Gasteiger partial charge in [-0.05, 0) is 41.8 Å². The number of fused-ring (bicyclic) bond motifs is 1. The van der Waals surface area contributed by atoms with Crippen molar-refractivity contribution >= 4 is 5.91 Å². The number of hydrogen-bond acceptors (Lipinski definition) is 5. The summed E-state index contributed by atoms with van der Waals surface area (Å²) in [6.07, 6.45) is 1.21. The van der Waals surface area contributed by atoms with Crippen molar-refractivity contribution in [3.63, 3.8) is 0 Å². The van der Waals surface area contributed by atoms with Crippen LogP contribution in [0.2, 0.25) is 0 Å². The van der Waals surface area contributed by atoms with Crippen LogP contribution in [0.3, 0.4) is 0 Å². The smallest absolute Gasteiger partial charge is 0.231 e. The lowest BCUT2D eigenvalue weighted by Gasteiger charge is -2.34. The Morgan fingerprint density at radius 1 is 0.926 bits per heavy atom. The number of carbonyl (C=O) groups excluding carboxylic acids is 1. The Balaban J connectivity index is 1.23. The van der Waals surface area contributed by atoms with Crippen LogP contribution in [0.5, 0.6) is 17.2 Å². The van der Waals surface area contributed by atoms with Crippen LogP contribution in [0.4, 0.5) is 0 Å². The number of rotatable bonds is 5. The van der Waals surface area contributed by atoms with Gasteiger partial charge in [0.2, 0.25) is 12.7 Å². The summed E-state index contributed by atoms with van der Waals surface area (Å²) in [5.74, 6) is 2.08. The lowest BCUT2D eigenvalue weighted by atomic mass is 10.1. The van der Waals surface area contributed by atoms with Gasteiger partial charge >= 0.3 is 0 Å². The molecule has 6 nitrogen and oxygen atoms in total. The third kappa shape index (κ3) is 4.34. The van der Waals surface area contributed by atoms with E-state index in [2.05, 4.69) is 11.0 Å². The van der Waals surface area contributed by atoms with Gasteiger partial charge in [0.25, 0.3) is 0 Å². The molecule has 1 saturated heterocycles. The molecule has 27 heavy (non-hydrogen) atoms. The van der Waals surface area contributed by atoms with E-state index in [1.54, 1.807) is 12.1 Å². The number of nitrogens with zero attached hydrogens (tertiary/aromatic N) is 2. The number of aromatic hydroxyl groups is 1. The molecule has 0 atom stereocenters. The predicted octanol–water partition coefficient (Wildman–Crippen LogP) is 2.40. The zero-order valence-corrected chi connectivity index (χ0v) is 15.3. The van der Waals surface area contributed by atoms with Crippen molar-refractivity contribution in [1.29, 1.82) is 0 Å². The summed E-state index contributed by atoms with van der Waals surface area (Å²) in [5.41, 5.74) is 2.27. The maximum Gasteiger partial charge on any atom is 0.231 e. The zero-order valence-electron chi connectivity index (χ0n) is 15.3. The lowest BCUT2D eigenvalue weighted by molar-refractivity contribution is -0.133. The normalized spacial score (nSPS) is 16.5. The molecule has 2 aliphatic heterocycles. The third-order valence-corrected chi connectivity index (χ3v) is 5.13. The fourth-order valence-corrected chi connectivity index (χ4v) is 3.52. The van der Waals surface area contributed by atoms with E-state index in [4.69, 9.17) is 9.47 Å². The fraction of sp³-hybridized carbons (Fsp3) is 0.381. The summed E-state index contributed by atoms with van der Waals surface area (Å²) < 4.78 is 10.8. The van der Waals surface area contributed by atoms with Gasteiger partial charge < -0.3 is 19.5 Å². The van der Waals surface area contributed by atoms with E-state index < -0.39 is 0 Å². The van der Waals surface area contributed by atoms with Crippen molar-refractivity contribution in [1.82, 2.24) is 9.80 Å². The lowest BCUT2D eigenvalue weighted by Crippen LogP contribution is -2.48. The Kier molecular flexibility index (Phi) is 5.16. The molecule has 2 aromatic carbocycles. The van der Waals surface area contributed by atoms with E-state index in [0.29, 0.717) is 19.6 Å². The van der Waals surface area contributed by atoms with Gasteiger partial charge in [-0.15, -0.1) is 0 Å². The van der Waals surface area contributed by atoms with Gasteiger partial charge in [0.05, 0.1) is 0 Å². The minimum Gasteiger partial charge on any atom is -0.508 e. The highest BCUT2D eigenvalue weighted by molar-refractivity contribution is 5.76. The van der Waals surface area contributed by atoms with Crippen molar-refractivity contribution in [2.24, 2.45) is 0 Å². The number of benzene rings is 2. The summed E-state index contributed by atoms with van der Waals surface area (Å²) in [4.78, 5) is 16.8. The Morgan fingerprint density at radius 3 is 2.41 bits per heavy atom. The number of phenolic OH excluding ortho intramolecular Hbond substituents is 1. The van der Waals surface area contributed by atoms with Gasteiger partial charge in [-0.25, -0.2) is 0 Å². The Hall–Kier alpha value is -2.73. The fourth-order valence-electron chi connectivity index (χ4n) is 3.52. The molecule has 142 valence electrons. The number of piperazine rings is 1. The number of aryl methyl sites for hydroxylation is 1. The van der Waals surface area contributed by atoms with E-state index in [9.17, 15) is 9.90 Å². The molecule has 2 aliphatic rings. The first-order valence-corrected chi connectivity index (χ1v) is 9.34. The van der Waals surface area contributed by atoms with Gasteiger partial charge in [0, 0.05) is 39.1 Å². The second-order valence-corrected chi connectivity index (χ2v) is 7.01. The topological polar surface area (TPSA) is 62.2 Å². The van der Waals surface area contributed by atoms with E-state index in [1.807, 2.05) is 29.2 Å². The van der Waals surface area contributed by atoms with Gasteiger partial charge in [-0.2, -0.15) is 0 Å². The van der Waals surface area contributed by atoms with Crippen LogP contribution in [0.25, 0.3) is 0 Å². The van der Waals surface area contributed by atoms with Crippen LogP contribution in [0, 0.1) is 0 Å². The molecule has 0 radical (unpaired) electrons. The van der Waals surface area contributed by atoms with Crippen LogP contribution in [-0.2, 0) is 17.8 Å². The van der Waals surface area contributed by atoms with E-state index in [1.165, 1.54) is 5.56 Å². The summed E-state index contributed by atoms with van der Waals surface area (Å²) in [5, 5.41) is 9.32. The molecule has 0 aromatic heterocycles. The predicted molar refractivity (Wildman–Crippen MR) is 101 cm³/mol. The molecule has 6 heteroatoms. The molecule has 1 fully saturated rings. The average molecular weight is 368 g/mol. The molecule has 1 N–H and O–H groups in total. The summed E-state index contributed by atoms with van der Waals surface area (Å²) in [6.45, 7) is 4.42. The molecule has 2 aromatic rings. The Morgan fingerprint density at radius 2 is 1.63 bits per heavy atom. The highest BCUT2D eigenvalue weighted by atomic mass is 16.7. The largest absolute Gasteiger partial charge is 0.508 e. The second-order valence-electron chi connectivity index (χ2n) is 7.01. The minimum atomic E-state index is 0.200. The van der Waals surface area contributed by atoms with Crippen molar-refractivity contribution in [2.45, 2.75) is 19.4 Å². The Labute approximate surface area is 158 Å². The highest BCUT2D eigenvalue weighted by Crippen LogP contribution is 2.32. The van der Waals surface area contributed by atoms with Crippen LogP contribution < -0.4 is 9.47 Å². The van der Waals surface area contributed by atoms with Gasteiger partial charge in [0.1, 0.15) is 5.75 Å². The maximum atomic E-state index is 12.5. The van der Waals surface area contributed by atoms with Crippen molar-refractivity contribution in [3.05, 3.63) is 53.6 Å². The van der Waals surface area contributed by atoms with Crippen LogP contribution in [0.15, 0.2) is 42.5 Å². The number of hydrogen-bond donors (Lipinski definition) is 1. The third-order valence-electron chi connectivity index (χ3n) is 5.13. The van der Waals surface area contributed by atoms with E-state index in [0.717, 1.165) is 49.8 Å². The molecule has 1 amide bonds. The van der Waals surface area contributed by atoms with Crippen LogP contribution in [0.1, 0.15) is 17.5 Å². The summed E-state index contributed by atoms with van der Waals surface area (Å²) in [7, 11) is 0. The van der Waals surface area contributed by atoms with Crippen molar-refractivity contribution < 1.29 is 19.4 Å². The average Bonchev–Trinajstić information content (AvgIpc) is 3.16. The maximum absolute atomic E-state index is 12.5. The summed E-state index contributed by atoms with van der Waals surface area (Å²) in [6, 6.07) is 13.1. The molecule has 4 rings (SSSR count). The molecule has 0 spiro atoms. The molecule has 0 aliphatic carbocycles. The van der Waals surface area contributed by atoms with Gasteiger partial charge in [-0.1, -0.05) is 18.2 Å². The molecular formula is C21H24N2O4. The first kappa shape index (κ1) is 17.7. The monoisotopic (exact) mass is 368 g/mol. The molecule has 0 saturated carbocycles. The zero-order chi connectivity index (χ0) is 18.6. The van der Waals surface area contributed by atoms with E-state index in [-0.39, 0.29) is 11.7 Å². The van der Waals surface area contributed by atoms with E-state index >= 15 is 0 Å². The summed E-state index contributed by atoms with van der Waals surface area (Å²) >= 11 is 0. The molecule has 0 unspecified atom stereocenters. The quantitative estimate of drug-likeness (QED) is 0.878. The van der Waals surface area contributed by atoms with Crippen molar-refractivity contribution in [2.75, 3.05) is 33.0 Å². The second kappa shape index (κ2) is 7.88. The van der Waals surface area contributed by atoms with Gasteiger partial charge in [-0.3, -0.25) is 9.69 Å². The first-order valence-electron chi connectivity index (χ1n) is 9.34. The molecule has 2 heterocycles. The van der Waals surface area contributed by atoms with Crippen LogP contribution >= 0.6 is 0 Å². The number of phenols is 1. The molecule has 0 bridgehead atoms. The number of ether oxygens (including phenoxy) is 2. The number of amides is 1. The highest BCUT2D eigenvalue weighted by Gasteiger charge is 2.21. The van der Waals surface area contributed by atoms with Gasteiger partial charge in [0.15, 0.2) is 11.5 Å². The number of carbonyl (C=O) groups is 1. The SMILES string of the molecule is O=C(CCc1ccc(O)cc1)N1CCN(Cc2ccc3c(c2)OCO3)CC1. The Bertz CT molecular complexity index is 798. The molecular weight excluding hydrogens is 344 g/mol. The van der Waals surface area contributed by atoms with Crippen LogP contribution in [-0.4, -0.2) is 53.8 Å². The minimum absolute atomic E-state index is 0.200. The first-order chi connectivity index (χ1) is 13.2.